The molecule has 2 aliphatic rings. The molecule has 0 fully saturated rings. The van der Waals surface area contributed by atoms with Crippen molar-refractivity contribution in [3.8, 4) is 0 Å². The number of rotatable bonds is 3. The van der Waals surface area contributed by atoms with E-state index in [1.54, 1.807) is 0 Å². The molecule has 0 saturated carbocycles. The Kier molecular flexibility index (Phi) is 4.73. The highest BCUT2D eigenvalue weighted by molar-refractivity contribution is 5.33. The molecule has 0 aromatic carbocycles. The smallest absolute Gasteiger partial charge is 0.324 e. The van der Waals surface area contributed by atoms with Crippen LogP contribution in [0.5, 0.6) is 0 Å². The Balaban J connectivity index is 2.29. The first-order valence-electron chi connectivity index (χ1n) is 7.02. The molecule has 0 amide bonds. The lowest BCUT2D eigenvalue weighted by Crippen LogP contribution is -2.34. The van der Waals surface area contributed by atoms with Crippen LogP contribution < -0.4 is 5.73 Å². The Hall–Kier alpha value is -1.60. The number of nitrogens with zero attached hydrogens (tertiary/aromatic N) is 1. The summed E-state index contributed by atoms with van der Waals surface area (Å²) in [5, 5.41) is 0. The minimum Gasteiger partial charge on any atom is -0.324 e. The fraction of sp³-hybridized carbons (Fsp3) is 0.643. The van der Waals surface area contributed by atoms with Crippen LogP contribution in [0, 0.1) is 0 Å². The number of hydrogen-bond donors (Lipinski definition) is 1. The van der Waals surface area contributed by atoms with Gasteiger partial charge in [-0.05, 0) is 19.3 Å². The third-order valence-corrected chi connectivity index (χ3v) is 4.16. The predicted molar refractivity (Wildman–Crippen MR) is 68.3 cm³/mol. The van der Waals surface area contributed by atoms with Gasteiger partial charge in [0, 0.05) is 18.0 Å². The van der Waals surface area contributed by atoms with Crippen LogP contribution in [0.15, 0.2) is 22.8 Å². The quantitative estimate of drug-likeness (QED) is 0.282. The highest BCUT2D eigenvalue weighted by Crippen LogP contribution is 2.39. The van der Waals surface area contributed by atoms with E-state index in [9.17, 15) is 31.1 Å². The Morgan fingerprint density at radius 2 is 1.83 bits per heavy atom. The first-order chi connectivity index (χ1) is 10.6. The van der Waals surface area contributed by atoms with Gasteiger partial charge in [-0.25, -0.2) is 0 Å². The fourth-order valence-electron chi connectivity index (χ4n) is 3.17. The van der Waals surface area contributed by atoms with E-state index in [1.807, 2.05) is 0 Å². The molecule has 23 heavy (non-hydrogen) atoms. The molecule has 0 aliphatic heterocycles. The number of hydrogen-bond acceptors (Lipinski definition) is 2. The van der Waals surface area contributed by atoms with E-state index in [0.29, 0.717) is 4.58 Å². The molecule has 2 rings (SSSR count). The molecule has 0 bridgehead atoms. The molecule has 0 aromatic rings. The Morgan fingerprint density at radius 1 is 1.17 bits per heavy atom. The van der Waals surface area contributed by atoms with E-state index in [4.69, 9.17) is 5.73 Å². The van der Waals surface area contributed by atoms with Gasteiger partial charge < -0.3 is 5.73 Å². The van der Waals surface area contributed by atoms with Gasteiger partial charge >= 0.3 is 18.4 Å². The number of nitrogens with two attached hydrogens (primary N) is 1. The van der Waals surface area contributed by atoms with Crippen molar-refractivity contribution in [3.05, 3.63) is 22.8 Å². The van der Waals surface area contributed by atoms with Crippen molar-refractivity contribution in [2.75, 3.05) is 6.54 Å². The molecular formula is C14H15F6N2O+. The molecular weight excluding hydrogens is 326 g/mol. The van der Waals surface area contributed by atoms with Crippen molar-refractivity contribution in [1.29, 1.82) is 0 Å². The first-order valence-corrected chi connectivity index (χ1v) is 7.02. The number of isocyanates is 1. The summed E-state index contributed by atoms with van der Waals surface area (Å²) in [6.45, 7) is -0.538. The number of halogens is 6. The van der Waals surface area contributed by atoms with Gasteiger partial charge in [0.1, 0.15) is 0 Å². The lowest BCUT2D eigenvalue weighted by atomic mass is 10.1. The van der Waals surface area contributed by atoms with Crippen LogP contribution in [0.2, 0.25) is 0 Å². The van der Waals surface area contributed by atoms with Crippen molar-refractivity contribution < 1.29 is 35.7 Å². The average molecular weight is 341 g/mol. The zero-order chi connectivity index (χ0) is 17.4. The van der Waals surface area contributed by atoms with Gasteiger partial charge in [0.05, 0.1) is 11.1 Å². The summed E-state index contributed by atoms with van der Waals surface area (Å²) >= 11 is 0. The second kappa shape index (κ2) is 6.13. The molecule has 0 heterocycles. The molecule has 0 spiro atoms. The normalized spacial score (nSPS) is 25.6. The van der Waals surface area contributed by atoms with Gasteiger partial charge in [0.25, 0.3) is 0 Å². The van der Waals surface area contributed by atoms with Crippen molar-refractivity contribution >= 4 is 6.08 Å². The molecule has 2 atom stereocenters. The van der Waals surface area contributed by atoms with Gasteiger partial charge in [-0.15, -0.1) is 4.58 Å². The minimum atomic E-state index is -4.65. The van der Waals surface area contributed by atoms with Gasteiger partial charge in [-0.3, -0.25) is 0 Å². The summed E-state index contributed by atoms with van der Waals surface area (Å²) in [4.78, 5) is 11.1. The van der Waals surface area contributed by atoms with Crippen molar-refractivity contribution in [2.24, 2.45) is 5.73 Å². The van der Waals surface area contributed by atoms with E-state index >= 15 is 0 Å². The molecule has 128 valence electrons. The maximum Gasteiger partial charge on any atom is 0.425 e. The Morgan fingerprint density at radius 3 is 2.35 bits per heavy atom. The zero-order valence-electron chi connectivity index (χ0n) is 12.0. The predicted octanol–water partition coefficient (Wildman–Crippen LogP) is 2.97. The van der Waals surface area contributed by atoms with Crippen LogP contribution in [0.3, 0.4) is 0 Å². The van der Waals surface area contributed by atoms with E-state index in [0.717, 1.165) is 6.08 Å². The summed E-state index contributed by atoms with van der Waals surface area (Å²) in [5.74, 6) is 0. The van der Waals surface area contributed by atoms with Gasteiger partial charge in [0.2, 0.25) is 0 Å². The maximum absolute atomic E-state index is 13.0. The molecule has 0 aromatic heterocycles. The molecule has 2 N–H and O–H groups in total. The molecule has 2 unspecified atom stereocenters. The Labute approximate surface area is 128 Å². The number of carbonyl (C=O) groups excluding carboxylic acids is 1. The first kappa shape index (κ1) is 17.7. The summed E-state index contributed by atoms with van der Waals surface area (Å²) in [6, 6.07) is -2.51. The Bertz CT molecular complexity index is 595. The maximum atomic E-state index is 13.0. The SMILES string of the molecule is NC1CCC(C[N+](=C=O)C2CCC=C2C(F)(F)F)=C1C(F)(F)F. The summed E-state index contributed by atoms with van der Waals surface area (Å²) in [6.07, 6.45) is -6.75. The average Bonchev–Trinajstić information content (AvgIpc) is 3.00. The largest absolute Gasteiger partial charge is 0.425 e. The summed E-state index contributed by atoms with van der Waals surface area (Å²) in [7, 11) is 0. The van der Waals surface area contributed by atoms with E-state index in [2.05, 4.69) is 0 Å². The molecule has 2 aliphatic carbocycles. The third kappa shape index (κ3) is 3.67. The fourth-order valence-corrected chi connectivity index (χ4v) is 3.17. The monoisotopic (exact) mass is 341 g/mol. The third-order valence-electron chi connectivity index (χ3n) is 4.16. The van der Waals surface area contributed by atoms with Crippen molar-refractivity contribution in [3.63, 3.8) is 0 Å². The lowest BCUT2D eigenvalue weighted by Gasteiger charge is -2.16. The summed E-state index contributed by atoms with van der Waals surface area (Å²) in [5.41, 5.74) is 3.46. The van der Waals surface area contributed by atoms with Crippen molar-refractivity contribution in [1.82, 2.24) is 0 Å². The van der Waals surface area contributed by atoms with Crippen LogP contribution >= 0.6 is 0 Å². The van der Waals surface area contributed by atoms with Gasteiger partial charge in [0.15, 0.2) is 12.6 Å². The van der Waals surface area contributed by atoms with E-state index in [-0.39, 0.29) is 31.3 Å². The van der Waals surface area contributed by atoms with Crippen LogP contribution in [0.25, 0.3) is 0 Å². The second-order valence-corrected chi connectivity index (χ2v) is 5.63. The van der Waals surface area contributed by atoms with E-state index < -0.39 is 42.1 Å². The minimum absolute atomic E-state index is 0.00593. The van der Waals surface area contributed by atoms with E-state index in [1.165, 1.54) is 6.08 Å². The molecule has 9 heteroatoms. The lowest BCUT2D eigenvalue weighted by molar-refractivity contribution is -0.549. The highest BCUT2D eigenvalue weighted by Gasteiger charge is 2.48. The molecule has 0 radical (unpaired) electrons. The van der Waals surface area contributed by atoms with Gasteiger partial charge in [-0.2, -0.15) is 31.1 Å². The van der Waals surface area contributed by atoms with Gasteiger partial charge in [-0.1, -0.05) is 6.08 Å². The molecule has 0 saturated heterocycles. The van der Waals surface area contributed by atoms with Crippen LogP contribution in [0.4, 0.5) is 26.3 Å². The second-order valence-electron chi connectivity index (χ2n) is 5.63. The summed E-state index contributed by atoms with van der Waals surface area (Å²) < 4.78 is 78.4. The van der Waals surface area contributed by atoms with Crippen LogP contribution in [0.1, 0.15) is 25.7 Å². The number of allylic oxidation sites excluding steroid dienone is 1. The van der Waals surface area contributed by atoms with Crippen LogP contribution in [-0.4, -0.2) is 41.6 Å². The number of alkyl halides is 6. The molecule has 3 nitrogen and oxygen atoms in total. The topological polar surface area (TPSA) is 46.1 Å². The zero-order valence-corrected chi connectivity index (χ0v) is 12.0. The standard InChI is InChI=1S/C14H15F6N2O/c15-13(16,17)9-2-1-3-11(9)22(7-23)6-8-4-5-10(21)12(8)14(18,19)20/h2,10-11H,1,3-6,21H2/q+1. The van der Waals surface area contributed by atoms with Crippen LogP contribution in [-0.2, 0) is 4.79 Å². The highest BCUT2D eigenvalue weighted by atomic mass is 19.4. The van der Waals surface area contributed by atoms with Crippen molar-refractivity contribution in [2.45, 2.75) is 50.1 Å².